The van der Waals surface area contributed by atoms with E-state index in [4.69, 9.17) is 18.6 Å². The first kappa shape index (κ1) is 14.2. The van der Waals surface area contributed by atoms with Crippen molar-refractivity contribution in [3.63, 3.8) is 0 Å². The summed E-state index contributed by atoms with van der Waals surface area (Å²) in [5.74, 6) is 0.684. The van der Waals surface area contributed by atoms with E-state index in [2.05, 4.69) is 0 Å². The highest BCUT2D eigenvalue weighted by Crippen LogP contribution is 2.30. The Balaban J connectivity index is 1.65. The molecule has 0 radical (unpaired) electrons. The lowest BCUT2D eigenvalue weighted by molar-refractivity contribution is 0.0473. The summed E-state index contributed by atoms with van der Waals surface area (Å²) in [6, 6.07) is 6.39. The Bertz CT molecular complexity index is 715. The number of fused-ring (bicyclic) bond motifs is 1. The number of benzene rings is 1. The van der Waals surface area contributed by atoms with E-state index >= 15 is 0 Å². The first-order valence-electron chi connectivity index (χ1n) is 6.79. The van der Waals surface area contributed by atoms with Gasteiger partial charge in [-0.05, 0) is 31.2 Å². The Labute approximate surface area is 126 Å². The average Bonchev–Trinajstić information content (AvgIpc) is 2.98. The largest absolute Gasteiger partial charge is 0.486 e. The van der Waals surface area contributed by atoms with E-state index < -0.39 is 5.97 Å². The number of Topliss-reactive ketones (excluding diaryl/α,β-unsaturated/α-hetero) is 1. The summed E-state index contributed by atoms with van der Waals surface area (Å²) >= 11 is 0. The second kappa shape index (κ2) is 5.93. The Morgan fingerprint density at radius 3 is 2.64 bits per heavy atom. The fourth-order valence-corrected chi connectivity index (χ4v) is 2.11. The van der Waals surface area contributed by atoms with E-state index in [-0.39, 0.29) is 12.4 Å². The first-order chi connectivity index (χ1) is 10.6. The molecule has 0 aliphatic carbocycles. The third-order valence-corrected chi connectivity index (χ3v) is 3.28. The van der Waals surface area contributed by atoms with Crippen molar-refractivity contribution in [2.24, 2.45) is 0 Å². The van der Waals surface area contributed by atoms with Gasteiger partial charge in [-0.25, -0.2) is 4.79 Å². The molecule has 0 saturated carbocycles. The van der Waals surface area contributed by atoms with Crippen LogP contribution < -0.4 is 9.47 Å². The number of hydrogen-bond acceptors (Lipinski definition) is 6. The van der Waals surface area contributed by atoms with Gasteiger partial charge in [0.25, 0.3) is 0 Å². The van der Waals surface area contributed by atoms with Crippen molar-refractivity contribution in [3.05, 3.63) is 47.4 Å². The van der Waals surface area contributed by atoms with E-state index in [9.17, 15) is 9.59 Å². The van der Waals surface area contributed by atoms with Gasteiger partial charge in [-0.15, -0.1) is 0 Å². The van der Waals surface area contributed by atoms with Crippen molar-refractivity contribution in [1.82, 2.24) is 0 Å². The van der Waals surface area contributed by atoms with E-state index in [1.165, 1.54) is 12.3 Å². The Kier molecular flexibility index (Phi) is 3.82. The highest BCUT2D eigenvalue weighted by Gasteiger charge is 2.18. The lowest BCUT2D eigenvalue weighted by Gasteiger charge is -2.18. The van der Waals surface area contributed by atoms with Crippen molar-refractivity contribution in [1.29, 1.82) is 0 Å². The molecule has 114 valence electrons. The minimum Gasteiger partial charge on any atom is -0.486 e. The van der Waals surface area contributed by atoms with Gasteiger partial charge in [0.15, 0.2) is 23.9 Å². The first-order valence-corrected chi connectivity index (χ1v) is 6.79. The molecule has 1 aliphatic rings. The van der Waals surface area contributed by atoms with E-state index in [0.29, 0.717) is 41.6 Å². The molecule has 0 saturated heterocycles. The molecule has 6 nitrogen and oxygen atoms in total. The Morgan fingerprint density at radius 2 is 1.91 bits per heavy atom. The number of carbonyl (C=O) groups is 2. The van der Waals surface area contributed by atoms with Gasteiger partial charge in [-0.1, -0.05) is 0 Å². The van der Waals surface area contributed by atoms with E-state index in [1.54, 1.807) is 25.1 Å². The number of esters is 1. The number of furan rings is 1. The van der Waals surface area contributed by atoms with Gasteiger partial charge >= 0.3 is 5.97 Å². The number of aryl methyl sites for hydroxylation is 1. The molecule has 1 aromatic carbocycles. The van der Waals surface area contributed by atoms with Crippen LogP contribution in [0.2, 0.25) is 0 Å². The quantitative estimate of drug-likeness (QED) is 0.637. The smallest absolute Gasteiger partial charge is 0.342 e. The molecule has 1 aromatic heterocycles. The summed E-state index contributed by atoms with van der Waals surface area (Å²) < 4.78 is 20.8. The SMILES string of the molecule is Cc1occc1C(=O)OCC(=O)c1ccc2c(c1)OCCO2. The fraction of sp³-hybridized carbons (Fsp3) is 0.250. The van der Waals surface area contributed by atoms with Gasteiger partial charge < -0.3 is 18.6 Å². The number of hydrogen-bond donors (Lipinski definition) is 0. The van der Waals surface area contributed by atoms with Crippen molar-refractivity contribution < 1.29 is 28.2 Å². The molecule has 0 bridgehead atoms. The monoisotopic (exact) mass is 302 g/mol. The minimum absolute atomic E-state index is 0.313. The molecule has 0 unspecified atom stereocenters. The molecule has 2 aromatic rings. The molecule has 6 heteroatoms. The maximum atomic E-state index is 12.1. The van der Waals surface area contributed by atoms with Crippen LogP contribution in [0.5, 0.6) is 11.5 Å². The zero-order valence-electron chi connectivity index (χ0n) is 12.0. The maximum absolute atomic E-state index is 12.1. The second-order valence-electron chi connectivity index (χ2n) is 4.75. The minimum atomic E-state index is -0.586. The van der Waals surface area contributed by atoms with Crippen molar-refractivity contribution >= 4 is 11.8 Å². The highest BCUT2D eigenvalue weighted by molar-refractivity contribution is 6.00. The van der Waals surface area contributed by atoms with Crippen LogP contribution in [0.1, 0.15) is 26.5 Å². The third kappa shape index (κ3) is 2.81. The zero-order valence-corrected chi connectivity index (χ0v) is 12.0. The van der Waals surface area contributed by atoms with Crippen LogP contribution in [0.15, 0.2) is 34.9 Å². The summed E-state index contributed by atoms with van der Waals surface area (Å²) in [6.45, 7) is 2.24. The Hall–Kier alpha value is -2.76. The lowest BCUT2D eigenvalue weighted by atomic mass is 10.1. The molecule has 0 atom stereocenters. The van der Waals surface area contributed by atoms with Crippen molar-refractivity contribution in [2.45, 2.75) is 6.92 Å². The second-order valence-corrected chi connectivity index (χ2v) is 4.75. The number of rotatable bonds is 4. The molecular formula is C16H14O6. The topological polar surface area (TPSA) is 75.0 Å². The molecule has 3 rings (SSSR count). The number of carbonyl (C=O) groups excluding carboxylic acids is 2. The fourth-order valence-electron chi connectivity index (χ4n) is 2.11. The van der Waals surface area contributed by atoms with Crippen LogP contribution in [0.25, 0.3) is 0 Å². The predicted octanol–water partition coefficient (Wildman–Crippen LogP) is 2.40. The third-order valence-electron chi connectivity index (χ3n) is 3.28. The standard InChI is InChI=1S/C16H14O6/c1-10-12(4-5-19-10)16(18)22-9-13(17)11-2-3-14-15(8-11)21-7-6-20-14/h2-5,8H,6-7,9H2,1H3. The van der Waals surface area contributed by atoms with Crippen LogP contribution in [0, 0.1) is 6.92 Å². The van der Waals surface area contributed by atoms with Crippen molar-refractivity contribution in [2.75, 3.05) is 19.8 Å². The summed E-state index contributed by atoms with van der Waals surface area (Å²) in [5, 5.41) is 0. The molecule has 0 amide bonds. The zero-order chi connectivity index (χ0) is 15.5. The summed E-state index contributed by atoms with van der Waals surface area (Å²) in [6.07, 6.45) is 1.40. The highest BCUT2D eigenvalue weighted by atomic mass is 16.6. The normalized spacial score (nSPS) is 12.8. The molecule has 2 heterocycles. The molecule has 22 heavy (non-hydrogen) atoms. The van der Waals surface area contributed by atoms with Gasteiger partial charge in [-0.3, -0.25) is 4.79 Å². The van der Waals surface area contributed by atoms with Gasteiger partial charge in [0.1, 0.15) is 24.5 Å². The van der Waals surface area contributed by atoms with Gasteiger partial charge in [-0.2, -0.15) is 0 Å². The van der Waals surface area contributed by atoms with Gasteiger partial charge in [0.2, 0.25) is 0 Å². The number of ketones is 1. The summed E-state index contributed by atoms with van der Waals surface area (Å²) in [5.41, 5.74) is 0.718. The Morgan fingerprint density at radius 1 is 1.14 bits per heavy atom. The molecular weight excluding hydrogens is 288 g/mol. The van der Waals surface area contributed by atoms with Crippen LogP contribution in [0.4, 0.5) is 0 Å². The molecule has 0 N–H and O–H groups in total. The van der Waals surface area contributed by atoms with Crippen LogP contribution in [-0.4, -0.2) is 31.6 Å². The lowest BCUT2D eigenvalue weighted by Crippen LogP contribution is -2.17. The summed E-state index contributed by atoms with van der Waals surface area (Å²) in [7, 11) is 0. The molecule has 1 aliphatic heterocycles. The number of ether oxygens (including phenoxy) is 3. The van der Waals surface area contributed by atoms with E-state index in [0.717, 1.165) is 0 Å². The molecule has 0 fully saturated rings. The molecule has 0 spiro atoms. The van der Waals surface area contributed by atoms with Crippen molar-refractivity contribution in [3.8, 4) is 11.5 Å². The van der Waals surface area contributed by atoms with Gasteiger partial charge in [0, 0.05) is 5.56 Å². The van der Waals surface area contributed by atoms with Crippen LogP contribution >= 0.6 is 0 Å². The average molecular weight is 302 g/mol. The van der Waals surface area contributed by atoms with Gasteiger partial charge in [0.05, 0.1) is 6.26 Å². The van der Waals surface area contributed by atoms with Crippen LogP contribution in [0.3, 0.4) is 0 Å². The van der Waals surface area contributed by atoms with Crippen LogP contribution in [-0.2, 0) is 4.74 Å². The summed E-state index contributed by atoms with van der Waals surface area (Å²) in [4.78, 5) is 23.9. The maximum Gasteiger partial charge on any atom is 0.342 e. The predicted molar refractivity (Wildman–Crippen MR) is 75.5 cm³/mol. The van der Waals surface area contributed by atoms with E-state index in [1.807, 2.05) is 0 Å².